The number of nitrogens with zero attached hydrogens (tertiary/aromatic N) is 3. The second-order valence-electron chi connectivity index (χ2n) is 6.26. The van der Waals surface area contributed by atoms with E-state index in [9.17, 15) is 9.90 Å². The van der Waals surface area contributed by atoms with Gasteiger partial charge in [-0.3, -0.25) is 4.79 Å². The Morgan fingerprint density at radius 1 is 1.26 bits per heavy atom. The largest absolute Gasteiger partial charge is 0.481 e. The third kappa shape index (κ3) is 3.18. The first-order valence-electron chi connectivity index (χ1n) is 7.91. The number of carboxylic acids is 1. The van der Waals surface area contributed by atoms with Gasteiger partial charge in [-0.1, -0.05) is 24.3 Å². The van der Waals surface area contributed by atoms with Crippen molar-refractivity contribution in [3.63, 3.8) is 0 Å². The summed E-state index contributed by atoms with van der Waals surface area (Å²) in [6.07, 6.45) is 5.44. The molecule has 0 saturated carbocycles. The zero-order valence-corrected chi connectivity index (χ0v) is 13.3. The Balaban J connectivity index is 1.89. The third-order valence-corrected chi connectivity index (χ3v) is 4.66. The Morgan fingerprint density at radius 3 is 2.70 bits per heavy atom. The molecule has 1 aliphatic rings. The number of aromatic nitrogens is 2. The van der Waals surface area contributed by atoms with Crippen molar-refractivity contribution in [2.45, 2.75) is 26.2 Å². The molecule has 0 radical (unpaired) electrons. The summed E-state index contributed by atoms with van der Waals surface area (Å²) in [5, 5.41) is 9.94. The van der Waals surface area contributed by atoms with Crippen molar-refractivity contribution in [3.05, 3.63) is 53.9 Å². The van der Waals surface area contributed by atoms with Crippen molar-refractivity contribution in [2.75, 3.05) is 18.0 Å². The zero-order valence-electron chi connectivity index (χ0n) is 13.3. The maximum atomic E-state index is 12.1. The number of aliphatic carboxylic acids is 1. The van der Waals surface area contributed by atoms with Gasteiger partial charge in [0.1, 0.15) is 0 Å². The Labute approximate surface area is 136 Å². The van der Waals surface area contributed by atoms with Crippen LogP contribution in [0.15, 0.2) is 42.7 Å². The number of carboxylic acid groups (broad SMARTS) is 1. The quantitative estimate of drug-likeness (QED) is 0.940. The number of benzene rings is 1. The van der Waals surface area contributed by atoms with E-state index in [2.05, 4.69) is 9.97 Å². The van der Waals surface area contributed by atoms with Gasteiger partial charge in [-0.15, -0.1) is 0 Å². The zero-order chi connectivity index (χ0) is 16.3. The lowest BCUT2D eigenvalue weighted by Gasteiger charge is -2.40. The Bertz CT molecular complexity index is 690. The molecule has 23 heavy (non-hydrogen) atoms. The summed E-state index contributed by atoms with van der Waals surface area (Å²) in [4.78, 5) is 22.6. The van der Waals surface area contributed by atoms with Crippen LogP contribution in [0.2, 0.25) is 0 Å². The topological polar surface area (TPSA) is 66.3 Å². The number of hydrogen-bond donors (Lipinski definition) is 1. The fourth-order valence-electron chi connectivity index (χ4n) is 3.32. The lowest BCUT2D eigenvalue weighted by molar-refractivity contribution is -0.149. The standard InChI is InChI=1S/C18H21N3O2/c1-14-6-2-3-7-15(14)12-18(16(22)23)8-4-11-21(13-18)17-19-9-5-10-20-17/h2-3,5-7,9-10H,4,8,11-13H2,1H3,(H,22,23)/t18-/m0/s1. The maximum absolute atomic E-state index is 12.1. The summed E-state index contributed by atoms with van der Waals surface area (Å²) in [5.74, 6) is -0.121. The molecule has 1 saturated heterocycles. The van der Waals surface area contributed by atoms with Crippen LogP contribution in [0.1, 0.15) is 24.0 Å². The summed E-state index contributed by atoms with van der Waals surface area (Å²) >= 11 is 0. The van der Waals surface area contributed by atoms with E-state index in [0.29, 0.717) is 25.3 Å². The smallest absolute Gasteiger partial charge is 0.311 e. The molecule has 0 bridgehead atoms. The molecule has 1 fully saturated rings. The van der Waals surface area contributed by atoms with Gasteiger partial charge in [-0.05, 0) is 43.4 Å². The number of rotatable bonds is 4. The van der Waals surface area contributed by atoms with Gasteiger partial charge in [0, 0.05) is 25.5 Å². The minimum Gasteiger partial charge on any atom is -0.481 e. The van der Waals surface area contributed by atoms with E-state index in [1.807, 2.05) is 36.1 Å². The lowest BCUT2D eigenvalue weighted by atomic mass is 9.74. The Kier molecular flexibility index (Phi) is 4.28. The summed E-state index contributed by atoms with van der Waals surface area (Å²) in [5.41, 5.74) is 1.45. The van der Waals surface area contributed by atoms with Crippen LogP contribution in [-0.4, -0.2) is 34.1 Å². The molecule has 0 spiro atoms. The molecular formula is C18H21N3O2. The second-order valence-corrected chi connectivity index (χ2v) is 6.26. The highest BCUT2D eigenvalue weighted by Gasteiger charge is 2.43. The van der Waals surface area contributed by atoms with E-state index >= 15 is 0 Å². The second kappa shape index (κ2) is 6.36. The predicted molar refractivity (Wildman–Crippen MR) is 88.4 cm³/mol. The SMILES string of the molecule is Cc1ccccc1C[C@@]1(C(=O)O)CCCN(c2ncccn2)C1. The van der Waals surface area contributed by atoms with Gasteiger partial charge in [-0.25, -0.2) is 9.97 Å². The van der Waals surface area contributed by atoms with Crippen LogP contribution < -0.4 is 4.90 Å². The molecular weight excluding hydrogens is 290 g/mol. The molecule has 0 unspecified atom stereocenters. The minimum atomic E-state index is -0.788. The van der Waals surface area contributed by atoms with Crippen molar-refractivity contribution in [1.29, 1.82) is 0 Å². The molecule has 2 heterocycles. The van der Waals surface area contributed by atoms with E-state index in [-0.39, 0.29) is 0 Å². The maximum Gasteiger partial charge on any atom is 0.311 e. The van der Waals surface area contributed by atoms with Gasteiger partial charge in [0.15, 0.2) is 0 Å². The molecule has 1 N–H and O–H groups in total. The lowest BCUT2D eigenvalue weighted by Crippen LogP contribution is -2.49. The summed E-state index contributed by atoms with van der Waals surface area (Å²) < 4.78 is 0. The average Bonchev–Trinajstić information content (AvgIpc) is 2.58. The number of aryl methyl sites for hydroxylation is 1. The van der Waals surface area contributed by atoms with Crippen LogP contribution in [0.3, 0.4) is 0 Å². The molecule has 0 amide bonds. The molecule has 0 aliphatic carbocycles. The highest BCUT2D eigenvalue weighted by atomic mass is 16.4. The molecule has 1 aromatic heterocycles. The van der Waals surface area contributed by atoms with E-state index in [1.54, 1.807) is 18.5 Å². The van der Waals surface area contributed by atoms with Gasteiger partial charge in [-0.2, -0.15) is 0 Å². The van der Waals surface area contributed by atoms with Crippen LogP contribution in [0.4, 0.5) is 5.95 Å². The highest BCUT2D eigenvalue weighted by molar-refractivity contribution is 5.76. The molecule has 1 aliphatic heterocycles. The fourth-order valence-corrected chi connectivity index (χ4v) is 3.32. The molecule has 5 nitrogen and oxygen atoms in total. The van der Waals surface area contributed by atoms with Crippen molar-refractivity contribution >= 4 is 11.9 Å². The van der Waals surface area contributed by atoms with Gasteiger partial charge < -0.3 is 10.0 Å². The number of hydrogen-bond acceptors (Lipinski definition) is 4. The number of piperidine rings is 1. The first kappa shape index (κ1) is 15.5. The van der Waals surface area contributed by atoms with Crippen molar-refractivity contribution < 1.29 is 9.90 Å². The molecule has 2 aromatic rings. The van der Waals surface area contributed by atoms with Crippen LogP contribution >= 0.6 is 0 Å². The first-order valence-corrected chi connectivity index (χ1v) is 7.91. The predicted octanol–water partition coefficient (Wildman–Crippen LogP) is 2.70. The first-order chi connectivity index (χ1) is 11.1. The van der Waals surface area contributed by atoms with E-state index in [4.69, 9.17) is 0 Å². The van der Waals surface area contributed by atoms with Crippen LogP contribution in [0.25, 0.3) is 0 Å². The highest BCUT2D eigenvalue weighted by Crippen LogP contribution is 2.36. The van der Waals surface area contributed by atoms with Crippen LogP contribution in [-0.2, 0) is 11.2 Å². The van der Waals surface area contributed by atoms with Crippen molar-refractivity contribution in [3.8, 4) is 0 Å². The van der Waals surface area contributed by atoms with Crippen molar-refractivity contribution in [1.82, 2.24) is 9.97 Å². The molecule has 3 rings (SSSR count). The van der Waals surface area contributed by atoms with Crippen LogP contribution in [0.5, 0.6) is 0 Å². The van der Waals surface area contributed by atoms with Gasteiger partial charge in [0.2, 0.25) is 5.95 Å². The Morgan fingerprint density at radius 2 is 2.00 bits per heavy atom. The Hall–Kier alpha value is -2.43. The minimum absolute atomic E-state index is 0.445. The van der Waals surface area contributed by atoms with Gasteiger partial charge in [0.25, 0.3) is 0 Å². The van der Waals surface area contributed by atoms with E-state index < -0.39 is 11.4 Å². The van der Waals surface area contributed by atoms with E-state index in [0.717, 1.165) is 24.1 Å². The van der Waals surface area contributed by atoms with Gasteiger partial charge >= 0.3 is 5.97 Å². The normalized spacial score (nSPS) is 21.2. The summed E-state index contributed by atoms with van der Waals surface area (Å²) in [6.45, 7) is 3.28. The van der Waals surface area contributed by atoms with Crippen LogP contribution in [0, 0.1) is 12.3 Å². The average molecular weight is 311 g/mol. The summed E-state index contributed by atoms with van der Waals surface area (Å²) in [6, 6.07) is 9.78. The number of anilines is 1. The third-order valence-electron chi connectivity index (χ3n) is 4.66. The molecule has 1 atom stereocenters. The molecule has 120 valence electrons. The monoisotopic (exact) mass is 311 g/mol. The molecule has 5 heteroatoms. The summed E-state index contributed by atoms with van der Waals surface area (Å²) in [7, 11) is 0. The fraction of sp³-hybridized carbons (Fsp3) is 0.389. The van der Waals surface area contributed by atoms with Crippen molar-refractivity contribution in [2.24, 2.45) is 5.41 Å². The molecule has 1 aromatic carbocycles. The van der Waals surface area contributed by atoms with E-state index in [1.165, 1.54) is 0 Å². The number of carbonyl (C=O) groups is 1. The van der Waals surface area contributed by atoms with Gasteiger partial charge in [0.05, 0.1) is 5.41 Å².